The molecule has 296 valence electrons. The number of halogens is 1. The summed E-state index contributed by atoms with van der Waals surface area (Å²) < 4.78 is 12.6. The van der Waals surface area contributed by atoms with E-state index in [0.29, 0.717) is 35.1 Å². The molecule has 0 aromatic heterocycles. The molecular formula is C46H61ClN2O5Si. The number of hydrogen-bond donors (Lipinski definition) is 0. The molecule has 0 saturated carbocycles. The van der Waals surface area contributed by atoms with Crippen LogP contribution in [-0.2, 0) is 25.2 Å². The minimum Gasteiger partial charge on any atom is -0.462 e. The molecule has 0 aliphatic carbocycles. The maximum Gasteiger partial charge on any atom is 0.338 e. The van der Waals surface area contributed by atoms with E-state index in [0.717, 1.165) is 75.6 Å². The molecular weight excluding hydrogens is 724 g/mol. The van der Waals surface area contributed by atoms with Gasteiger partial charge in [-0.3, -0.25) is 4.79 Å². The highest BCUT2D eigenvalue weighted by Crippen LogP contribution is 2.37. The predicted molar refractivity (Wildman–Crippen MR) is 229 cm³/mol. The van der Waals surface area contributed by atoms with Gasteiger partial charge in [0, 0.05) is 31.1 Å². The molecule has 4 rings (SSSR count). The largest absolute Gasteiger partial charge is 0.462 e. The van der Waals surface area contributed by atoms with Crippen molar-refractivity contribution in [3.8, 4) is 0 Å². The number of carbonyl (C=O) groups excluding carboxylic acids is 2. The van der Waals surface area contributed by atoms with E-state index in [1.807, 2.05) is 37.8 Å². The maximum absolute atomic E-state index is 13.2. The molecule has 7 nitrogen and oxygen atoms in total. The molecule has 0 radical (unpaired) electrons. The Morgan fingerprint density at radius 3 is 2.09 bits per heavy atom. The van der Waals surface area contributed by atoms with Gasteiger partial charge in [-0.2, -0.15) is 0 Å². The van der Waals surface area contributed by atoms with Crippen molar-refractivity contribution in [2.24, 2.45) is 5.16 Å². The second-order valence-electron chi connectivity index (χ2n) is 15.4. The fraction of sp³-hybridized carbons (Fsp3) is 0.457. The Labute approximate surface area is 335 Å². The van der Waals surface area contributed by atoms with Gasteiger partial charge in [-0.05, 0) is 103 Å². The van der Waals surface area contributed by atoms with Gasteiger partial charge in [-0.25, -0.2) is 4.79 Å². The second kappa shape index (κ2) is 21.9. The van der Waals surface area contributed by atoms with Gasteiger partial charge in [0.15, 0.2) is 6.61 Å². The molecule has 9 heteroatoms. The van der Waals surface area contributed by atoms with E-state index < -0.39 is 14.3 Å². The molecule has 1 fully saturated rings. The van der Waals surface area contributed by atoms with E-state index in [9.17, 15) is 9.59 Å². The van der Waals surface area contributed by atoms with Crippen LogP contribution in [0.2, 0.25) is 10.1 Å². The van der Waals surface area contributed by atoms with E-state index >= 15 is 0 Å². The van der Waals surface area contributed by atoms with E-state index in [4.69, 9.17) is 25.6 Å². The Morgan fingerprint density at radius 2 is 1.47 bits per heavy atom. The van der Waals surface area contributed by atoms with Gasteiger partial charge in [-0.15, -0.1) is 0 Å². The fourth-order valence-electron chi connectivity index (χ4n) is 7.31. The highest BCUT2D eigenvalue weighted by Gasteiger charge is 2.49. The molecule has 0 atom stereocenters. The van der Waals surface area contributed by atoms with E-state index in [2.05, 4.69) is 105 Å². The van der Waals surface area contributed by atoms with Crippen LogP contribution in [0.4, 0.5) is 0 Å². The molecule has 0 spiro atoms. The molecule has 1 aliphatic rings. The molecule has 55 heavy (non-hydrogen) atoms. The Bertz CT molecular complexity index is 1720. The van der Waals surface area contributed by atoms with Crippen LogP contribution < -0.4 is 10.4 Å². The molecule has 1 heterocycles. The summed E-state index contributed by atoms with van der Waals surface area (Å²) >= 11 is 6.84. The molecule has 0 unspecified atom stereocenters. The quantitative estimate of drug-likeness (QED) is 0.0302. The number of hydrogen-bond acceptors (Lipinski definition) is 6. The SMILES string of the molecule is CCCOC(=O)c1c(C)cc(C)c(Cl)c1CC(/C=C/CC/C=C/CCCO[Si](c1ccccc1)(c1ccccc1)C(C)(C)C)=NOCC(=O)N1CCCCC1. The second-order valence-corrected chi connectivity index (χ2v) is 20.1. The Kier molecular flexibility index (Phi) is 17.4. The van der Waals surface area contributed by atoms with Gasteiger partial charge in [-0.1, -0.05) is 129 Å². The van der Waals surface area contributed by atoms with Crippen molar-refractivity contribution >= 4 is 47.9 Å². The highest BCUT2D eigenvalue weighted by atomic mass is 35.5. The lowest BCUT2D eigenvalue weighted by Crippen LogP contribution is -2.66. The number of piperidine rings is 1. The van der Waals surface area contributed by atoms with Crippen LogP contribution in [0.25, 0.3) is 0 Å². The first-order valence-corrected chi connectivity index (χ1v) is 22.3. The summed E-state index contributed by atoms with van der Waals surface area (Å²) in [4.78, 5) is 33.5. The van der Waals surface area contributed by atoms with Crippen LogP contribution in [0.3, 0.4) is 0 Å². The number of carbonyl (C=O) groups is 2. The number of rotatable bonds is 19. The summed E-state index contributed by atoms with van der Waals surface area (Å²) in [6.45, 7) is 15.1. The van der Waals surface area contributed by atoms with Crippen LogP contribution in [-0.4, -0.2) is 63.7 Å². The molecule has 3 aromatic rings. The predicted octanol–water partition coefficient (Wildman–Crippen LogP) is 9.70. The van der Waals surface area contributed by atoms with Gasteiger partial charge in [0.1, 0.15) is 0 Å². The fourth-order valence-corrected chi connectivity index (χ4v) is 12.1. The van der Waals surface area contributed by atoms with Crippen molar-refractivity contribution in [2.75, 3.05) is 32.9 Å². The van der Waals surface area contributed by atoms with Gasteiger partial charge in [0.25, 0.3) is 14.2 Å². The minimum absolute atomic E-state index is 0.0443. The Morgan fingerprint density at radius 1 is 0.855 bits per heavy atom. The molecule has 3 aromatic carbocycles. The number of aryl methyl sites for hydroxylation is 2. The number of unbranched alkanes of at least 4 members (excludes halogenated alkanes) is 2. The zero-order valence-corrected chi connectivity index (χ0v) is 35.6. The van der Waals surface area contributed by atoms with Crippen molar-refractivity contribution in [3.05, 3.63) is 118 Å². The van der Waals surface area contributed by atoms with Gasteiger partial charge in [0.05, 0.1) is 17.9 Å². The topological polar surface area (TPSA) is 77.4 Å². The van der Waals surface area contributed by atoms with Gasteiger partial charge in [0.2, 0.25) is 0 Å². The van der Waals surface area contributed by atoms with Crippen LogP contribution in [0.15, 0.2) is 96.2 Å². The number of likely N-dealkylation sites (tertiary alicyclic amines) is 1. The van der Waals surface area contributed by atoms with E-state index in [1.54, 1.807) is 0 Å². The van der Waals surface area contributed by atoms with Crippen molar-refractivity contribution in [3.63, 3.8) is 0 Å². The van der Waals surface area contributed by atoms with Gasteiger partial charge >= 0.3 is 5.97 Å². The molecule has 1 aliphatic heterocycles. The number of esters is 1. The van der Waals surface area contributed by atoms with Crippen molar-refractivity contribution in [1.29, 1.82) is 0 Å². The number of amides is 1. The maximum atomic E-state index is 13.2. The lowest BCUT2D eigenvalue weighted by atomic mass is 9.94. The van der Waals surface area contributed by atoms with E-state index in [1.165, 1.54) is 10.4 Å². The first-order chi connectivity index (χ1) is 26.5. The smallest absolute Gasteiger partial charge is 0.338 e. The molecule has 1 amide bonds. The summed E-state index contributed by atoms with van der Waals surface area (Å²) in [7, 11) is -2.54. The highest BCUT2D eigenvalue weighted by molar-refractivity contribution is 6.99. The summed E-state index contributed by atoms with van der Waals surface area (Å²) in [5, 5.41) is 7.46. The minimum atomic E-state index is -2.54. The summed E-state index contributed by atoms with van der Waals surface area (Å²) in [6, 6.07) is 23.4. The third-order valence-electron chi connectivity index (χ3n) is 10.0. The molecule has 1 saturated heterocycles. The number of oxime groups is 1. The summed E-state index contributed by atoms with van der Waals surface area (Å²) in [6.07, 6.45) is 16.0. The standard InChI is InChI=1S/C46H61ClN2O5Si/c1-7-31-52-45(51)43-36(2)33-37(3)44(47)41(43)34-38(48-53-35-42(50)49-29-21-15-22-30-49)24-16-11-9-8-10-12-23-32-54-55(46(4,5)6,39-25-17-13-18-26-39)40-27-19-14-20-28-40/h8,10,13-14,16-20,24-28,33H,7,9,11-12,15,21-23,29-32,34-35H2,1-6H3/b10-8+,24-16+,48-38?. The monoisotopic (exact) mass is 784 g/mol. The zero-order chi connectivity index (χ0) is 39.7. The summed E-state index contributed by atoms with van der Waals surface area (Å²) in [5.74, 6) is -0.468. The van der Waals surface area contributed by atoms with Crippen molar-refractivity contribution in [2.45, 2.75) is 104 Å². The number of benzene rings is 3. The Balaban J connectivity index is 1.40. The van der Waals surface area contributed by atoms with Crippen LogP contribution in [0, 0.1) is 13.8 Å². The third kappa shape index (κ3) is 12.3. The first kappa shape index (κ1) is 43.7. The van der Waals surface area contributed by atoms with Crippen LogP contribution in [0.5, 0.6) is 0 Å². The normalized spacial score (nSPS) is 14.2. The molecule has 0 N–H and O–H groups in total. The van der Waals surface area contributed by atoms with Crippen LogP contribution in [0.1, 0.15) is 106 Å². The van der Waals surface area contributed by atoms with E-state index in [-0.39, 0.29) is 24.0 Å². The lowest BCUT2D eigenvalue weighted by Gasteiger charge is -2.43. The van der Waals surface area contributed by atoms with Crippen molar-refractivity contribution < 1.29 is 23.6 Å². The number of nitrogens with zero attached hydrogens (tertiary/aromatic N) is 2. The molecule has 0 bridgehead atoms. The summed E-state index contributed by atoms with van der Waals surface area (Å²) in [5.41, 5.74) is 3.34. The number of allylic oxidation sites excluding steroid dienone is 4. The van der Waals surface area contributed by atoms with Crippen LogP contribution >= 0.6 is 11.6 Å². The van der Waals surface area contributed by atoms with Gasteiger partial charge < -0.3 is 18.9 Å². The average Bonchev–Trinajstić information content (AvgIpc) is 3.18. The third-order valence-corrected chi connectivity index (χ3v) is 15.6. The number of ether oxygens (including phenoxy) is 1. The Hall–Kier alpha value is -3.98. The first-order valence-electron chi connectivity index (χ1n) is 20.0. The lowest BCUT2D eigenvalue weighted by molar-refractivity contribution is -0.137. The van der Waals surface area contributed by atoms with Crippen molar-refractivity contribution in [1.82, 2.24) is 4.90 Å². The average molecular weight is 786 g/mol. The zero-order valence-electron chi connectivity index (χ0n) is 33.9.